The second kappa shape index (κ2) is 8.31. The lowest BCUT2D eigenvalue weighted by atomic mass is 10.1. The highest BCUT2D eigenvalue weighted by atomic mass is 32.1. The van der Waals surface area contributed by atoms with Crippen LogP contribution in [0.1, 0.15) is 40.5 Å². The van der Waals surface area contributed by atoms with Gasteiger partial charge < -0.3 is 15.4 Å². The van der Waals surface area contributed by atoms with E-state index in [1.54, 1.807) is 11.3 Å². The zero-order valence-electron chi connectivity index (χ0n) is 15.0. The van der Waals surface area contributed by atoms with E-state index < -0.39 is 12.1 Å². The summed E-state index contributed by atoms with van der Waals surface area (Å²) < 4.78 is 4.66. The number of amides is 2. The quantitative estimate of drug-likeness (QED) is 0.816. The van der Waals surface area contributed by atoms with Crippen LogP contribution < -0.4 is 10.6 Å². The molecule has 0 saturated carbocycles. The predicted octanol–water partition coefficient (Wildman–Crippen LogP) is 2.78. The molecule has 0 aliphatic heterocycles. The van der Waals surface area contributed by atoms with Gasteiger partial charge >= 0.3 is 6.09 Å². The van der Waals surface area contributed by atoms with Crippen LogP contribution in [0.3, 0.4) is 0 Å². The Labute approximate surface area is 157 Å². The number of thiazole rings is 1. The Morgan fingerprint density at radius 1 is 1.23 bits per heavy atom. The lowest BCUT2D eigenvalue weighted by Crippen LogP contribution is -2.48. The zero-order valence-corrected chi connectivity index (χ0v) is 15.8. The van der Waals surface area contributed by atoms with Crippen molar-refractivity contribution in [2.45, 2.75) is 44.7 Å². The number of benzene rings is 1. The van der Waals surface area contributed by atoms with Crippen LogP contribution >= 0.6 is 11.3 Å². The standard InChI is InChI=1S/C19H23N3O3S/c1-12(18-21-14-9-6-10-16(14)26-18)20-17(23)15(22-19(24)25-2)11-13-7-4-3-5-8-13/h3-5,7-8,12,15H,6,9-11H2,1-2H3,(H,20,23)(H,22,24). The average Bonchev–Trinajstić information content (AvgIpc) is 3.23. The molecule has 0 fully saturated rings. The topological polar surface area (TPSA) is 80.3 Å². The van der Waals surface area contributed by atoms with Crippen molar-refractivity contribution in [1.82, 2.24) is 15.6 Å². The molecule has 1 heterocycles. The predicted molar refractivity (Wildman–Crippen MR) is 100 cm³/mol. The first-order valence-electron chi connectivity index (χ1n) is 8.74. The third-order valence-corrected chi connectivity index (χ3v) is 5.76. The smallest absolute Gasteiger partial charge is 0.407 e. The minimum Gasteiger partial charge on any atom is -0.453 e. The summed E-state index contributed by atoms with van der Waals surface area (Å²) in [6.45, 7) is 1.92. The van der Waals surface area contributed by atoms with E-state index in [1.165, 1.54) is 17.7 Å². The monoisotopic (exact) mass is 373 g/mol. The lowest BCUT2D eigenvalue weighted by Gasteiger charge is -2.20. The largest absolute Gasteiger partial charge is 0.453 e. The van der Waals surface area contributed by atoms with Crippen LogP contribution in [0.4, 0.5) is 4.79 Å². The second-order valence-electron chi connectivity index (χ2n) is 6.38. The first kappa shape index (κ1) is 18.4. The van der Waals surface area contributed by atoms with Crippen molar-refractivity contribution >= 4 is 23.3 Å². The first-order chi connectivity index (χ1) is 12.6. The molecule has 6 nitrogen and oxygen atoms in total. The number of nitrogens with one attached hydrogen (secondary N) is 2. The van der Waals surface area contributed by atoms with Crippen molar-refractivity contribution in [2.75, 3.05) is 7.11 Å². The molecule has 1 aliphatic carbocycles. The molecule has 26 heavy (non-hydrogen) atoms. The van der Waals surface area contributed by atoms with Gasteiger partial charge in [0.1, 0.15) is 11.0 Å². The molecule has 2 atom stereocenters. The average molecular weight is 373 g/mol. The molecule has 2 unspecified atom stereocenters. The summed E-state index contributed by atoms with van der Waals surface area (Å²) in [6.07, 6.45) is 3.03. The number of hydrogen-bond acceptors (Lipinski definition) is 5. The van der Waals surface area contributed by atoms with Crippen LogP contribution in [0.15, 0.2) is 30.3 Å². The summed E-state index contributed by atoms with van der Waals surface area (Å²) in [4.78, 5) is 30.4. The Kier molecular flexibility index (Phi) is 5.88. The molecule has 3 rings (SSSR count). The zero-order chi connectivity index (χ0) is 18.5. The Balaban J connectivity index is 1.68. The molecule has 2 aromatic rings. The van der Waals surface area contributed by atoms with Crippen molar-refractivity contribution in [3.8, 4) is 0 Å². The highest BCUT2D eigenvalue weighted by Gasteiger charge is 2.25. The number of fused-ring (bicyclic) bond motifs is 1. The van der Waals surface area contributed by atoms with E-state index in [2.05, 4.69) is 20.4 Å². The summed E-state index contributed by atoms with van der Waals surface area (Å²) in [5.74, 6) is -0.248. The number of aryl methyl sites for hydroxylation is 2. The van der Waals surface area contributed by atoms with Gasteiger partial charge in [0.2, 0.25) is 5.91 Å². The number of ether oxygens (including phenoxy) is 1. The van der Waals surface area contributed by atoms with Crippen molar-refractivity contribution in [3.05, 3.63) is 51.5 Å². The molecule has 138 valence electrons. The normalized spacial score (nSPS) is 15.0. The number of hydrogen-bond donors (Lipinski definition) is 2. The third kappa shape index (κ3) is 4.40. The Hall–Kier alpha value is -2.41. The van der Waals surface area contributed by atoms with Gasteiger partial charge in [0.05, 0.1) is 18.8 Å². The van der Waals surface area contributed by atoms with Gasteiger partial charge in [-0.2, -0.15) is 0 Å². The third-order valence-electron chi connectivity index (χ3n) is 4.42. The van der Waals surface area contributed by atoms with Gasteiger partial charge in [-0.1, -0.05) is 30.3 Å². The molecule has 0 bridgehead atoms. The maximum atomic E-state index is 12.8. The Morgan fingerprint density at radius 3 is 2.69 bits per heavy atom. The fourth-order valence-electron chi connectivity index (χ4n) is 3.03. The van der Waals surface area contributed by atoms with Gasteiger partial charge in [-0.25, -0.2) is 9.78 Å². The molecule has 2 amide bonds. The van der Waals surface area contributed by atoms with E-state index in [4.69, 9.17) is 0 Å². The maximum Gasteiger partial charge on any atom is 0.407 e. The van der Waals surface area contributed by atoms with E-state index in [0.717, 1.165) is 29.8 Å². The highest BCUT2D eigenvalue weighted by Crippen LogP contribution is 2.30. The number of alkyl carbamates (subject to hydrolysis) is 1. The van der Waals surface area contributed by atoms with Crippen molar-refractivity contribution in [3.63, 3.8) is 0 Å². The molecular formula is C19H23N3O3S. The number of nitrogens with zero attached hydrogens (tertiary/aromatic N) is 1. The first-order valence-corrected chi connectivity index (χ1v) is 9.55. The summed E-state index contributed by atoms with van der Waals surface area (Å²) in [5, 5.41) is 6.51. The van der Waals surface area contributed by atoms with Crippen LogP contribution in [0, 0.1) is 0 Å². The molecule has 1 aliphatic rings. The van der Waals surface area contributed by atoms with Gasteiger partial charge in [0, 0.05) is 11.3 Å². The molecule has 0 spiro atoms. The molecular weight excluding hydrogens is 350 g/mol. The maximum absolute atomic E-state index is 12.8. The van der Waals surface area contributed by atoms with Crippen molar-refractivity contribution in [1.29, 1.82) is 0 Å². The fraction of sp³-hybridized carbons (Fsp3) is 0.421. The molecule has 0 saturated heterocycles. The number of aromatic nitrogens is 1. The van der Waals surface area contributed by atoms with E-state index in [-0.39, 0.29) is 11.9 Å². The molecule has 1 aromatic heterocycles. The van der Waals surface area contributed by atoms with Gasteiger partial charge in [0.15, 0.2) is 0 Å². The van der Waals surface area contributed by atoms with Crippen molar-refractivity contribution < 1.29 is 14.3 Å². The second-order valence-corrected chi connectivity index (χ2v) is 7.50. The fourth-order valence-corrected chi connectivity index (χ4v) is 4.19. The van der Waals surface area contributed by atoms with Crippen LogP contribution in [-0.4, -0.2) is 30.1 Å². The van der Waals surface area contributed by atoms with Gasteiger partial charge in [0.25, 0.3) is 0 Å². The number of methoxy groups -OCH3 is 1. The molecule has 2 N–H and O–H groups in total. The highest BCUT2D eigenvalue weighted by molar-refractivity contribution is 7.11. The van der Waals surface area contributed by atoms with Crippen LogP contribution in [-0.2, 0) is 28.8 Å². The minimum absolute atomic E-state index is 0.198. The van der Waals surface area contributed by atoms with Crippen LogP contribution in [0.2, 0.25) is 0 Å². The Morgan fingerprint density at radius 2 is 2.00 bits per heavy atom. The SMILES string of the molecule is COC(=O)NC(Cc1ccccc1)C(=O)NC(C)c1nc2c(s1)CCC2. The minimum atomic E-state index is -0.709. The summed E-state index contributed by atoms with van der Waals surface area (Å²) in [7, 11) is 1.28. The number of rotatable bonds is 6. The lowest BCUT2D eigenvalue weighted by molar-refractivity contribution is -0.123. The summed E-state index contributed by atoms with van der Waals surface area (Å²) in [6, 6.07) is 8.66. The van der Waals surface area contributed by atoms with Crippen LogP contribution in [0.5, 0.6) is 0 Å². The summed E-state index contributed by atoms with van der Waals surface area (Å²) >= 11 is 1.67. The molecule has 1 aromatic carbocycles. The van der Waals surface area contributed by atoms with E-state index in [9.17, 15) is 9.59 Å². The number of carbonyl (C=O) groups is 2. The molecule has 0 radical (unpaired) electrons. The van der Waals surface area contributed by atoms with Gasteiger partial charge in [-0.3, -0.25) is 4.79 Å². The van der Waals surface area contributed by atoms with E-state index in [1.807, 2.05) is 37.3 Å². The summed E-state index contributed by atoms with van der Waals surface area (Å²) in [5.41, 5.74) is 2.13. The van der Waals surface area contributed by atoms with Crippen LogP contribution in [0.25, 0.3) is 0 Å². The van der Waals surface area contributed by atoms with Gasteiger partial charge in [-0.15, -0.1) is 11.3 Å². The van der Waals surface area contributed by atoms with Gasteiger partial charge in [-0.05, 0) is 31.7 Å². The molecule has 7 heteroatoms. The number of carbonyl (C=O) groups excluding carboxylic acids is 2. The Bertz CT molecular complexity index is 754. The van der Waals surface area contributed by atoms with Crippen molar-refractivity contribution in [2.24, 2.45) is 0 Å². The van der Waals surface area contributed by atoms with E-state index in [0.29, 0.717) is 6.42 Å². The van der Waals surface area contributed by atoms with E-state index >= 15 is 0 Å².